The molecular formula is C26H44O3Si. The lowest BCUT2D eigenvalue weighted by Gasteiger charge is -2.63. The van der Waals surface area contributed by atoms with Crippen molar-refractivity contribution in [1.29, 1.82) is 0 Å². The summed E-state index contributed by atoms with van der Waals surface area (Å²) in [6, 6.07) is 0. The van der Waals surface area contributed by atoms with Crippen LogP contribution in [0.3, 0.4) is 0 Å². The Morgan fingerprint density at radius 3 is 2.43 bits per heavy atom. The zero-order valence-electron chi connectivity index (χ0n) is 20.3. The molecule has 0 spiro atoms. The maximum absolute atomic E-state index is 11.9. The molecule has 5 rings (SSSR count). The SMILES string of the molecule is CC12CC3COC(=O)CC3CC1CCC1C2CCC2(C)C1CC[C@]2(C)O[Si](C)(C)C. The van der Waals surface area contributed by atoms with Gasteiger partial charge in [0, 0.05) is 6.42 Å². The van der Waals surface area contributed by atoms with Crippen molar-refractivity contribution in [2.75, 3.05) is 6.61 Å². The van der Waals surface area contributed by atoms with Gasteiger partial charge in [-0.05, 0) is 124 Å². The van der Waals surface area contributed by atoms with Crippen molar-refractivity contribution >= 4 is 14.3 Å². The molecule has 3 nitrogen and oxygen atoms in total. The molecule has 4 heteroatoms. The lowest BCUT2D eigenvalue weighted by molar-refractivity contribution is -0.175. The van der Waals surface area contributed by atoms with E-state index in [9.17, 15) is 4.79 Å². The van der Waals surface area contributed by atoms with Crippen LogP contribution in [0, 0.1) is 46.3 Å². The molecule has 4 aliphatic carbocycles. The van der Waals surface area contributed by atoms with Gasteiger partial charge in [0.05, 0.1) is 12.2 Å². The number of hydrogen-bond donors (Lipinski definition) is 0. The summed E-state index contributed by atoms with van der Waals surface area (Å²) in [5.41, 5.74) is 0.864. The van der Waals surface area contributed by atoms with Crippen LogP contribution in [0.2, 0.25) is 19.6 Å². The number of rotatable bonds is 2. The predicted octanol–water partition coefficient (Wildman–Crippen LogP) is 6.43. The molecule has 1 aliphatic heterocycles. The summed E-state index contributed by atoms with van der Waals surface area (Å²) in [7, 11) is -1.57. The van der Waals surface area contributed by atoms with Gasteiger partial charge in [-0.25, -0.2) is 0 Å². The van der Waals surface area contributed by atoms with E-state index in [2.05, 4.69) is 40.4 Å². The van der Waals surface area contributed by atoms with E-state index in [0.29, 0.717) is 35.7 Å². The predicted molar refractivity (Wildman–Crippen MR) is 123 cm³/mol. The van der Waals surface area contributed by atoms with Crippen molar-refractivity contribution in [2.45, 2.75) is 104 Å². The zero-order valence-corrected chi connectivity index (χ0v) is 21.3. The third-order valence-corrected chi connectivity index (χ3v) is 12.0. The summed E-state index contributed by atoms with van der Waals surface area (Å²) in [5.74, 6) is 4.64. The molecule has 0 N–H and O–H groups in total. The largest absolute Gasteiger partial charge is 0.465 e. The fourth-order valence-electron chi connectivity index (χ4n) is 9.52. The summed E-state index contributed by atoms with van der Waals surface area (Å²) < 4.78 is 12.5. The van der Waals surface area contributed by atoms with Crippen LogP contribution in [0.25, 0.3) is 0 Å². The van der Waals surface area contributed by atoms with Crippen LogP contribution < -0.4 is 0 Å². The molecule has 30 heavy (non-hydrogen) atoms. The molecule has 0 amide bonds. The van der Waals surface area contributed by atoms with Crippen LogP contribution in [-0.2, 0) is 14.0 Å². The number of hydrogen-bond acceptors (Lipinski definition) is 3. The average molecular weight is 433 g/mol. The van der Waals surface area contributed by atoms with Gasteiger partial charge in [-0.3, -0.25) is 4.79 Å². The van der Waals surface area contributed by atoms with Crippen molar-refractivity contribution in [3.8, 4) is 0 Å². The third kappa shape index (κ3) is 3.09. The van der Waals surface area contributed by atoms with Gasteiger partial charge in [-0.1, -0.05) is 13.8 Å². The summed E-state index contributed by atoms with van der Waals surface area (Å²) >= 11 is 0. The molecule has 5 fully saturated rings. The minimum Gasteiger partial charge on any atom is -0.465 e. The summed E-state index contributed by atoms with van der Waals surface area (Å²) in [4.78, 5) is 11.9. The Balaban J connectivity index is 1.39. The van der Waals surface area contributed by atoms with Crippen LogP contribution in [0.15, 0.2) is 0 Å². The van der Waals surface area contributed by atoms with Gasteiger partial charge in [-0.2, -0.15) is 0 Å². The van der Waals surface area contributed by atoms with E-state index in [1.54, 1.807) is 0 Å². The first kappa shape index (κ1) is 21.5. The standard InChI is InChI=1S/C26H44O3Si/c1-24-15-18-16-28-23(27)14-17(18)13-19(24)7-8-20-21(24)9-11-25(2)22(20)10-12-26(25,3)29-30(4,5)6/h17-22H,7-16H2,1-6H3/t17?,18?,19?,20?,21?,22?,24?,25?,26-/m0/s1. The second-order valence-corrected chi connectivity index (χ2v) is 17.9. The Labute approximate surface area is 185 Å². The fourth-order valence-corrected chi connectivity index (χ4v) is 11.2. The Bertz CT molecular complexity index is 716. The van der Waals surface area contributed by atoms with Crippen molar-refractivity contribution < 1.29 is 14.0 Å². The highest BCUT2D eigenvalue weighted by atomic mass is 28.4. The van der Waals surface area contributed by atoms with E-state index in [0.717, 1.165) is 23.7 Å². The zero-order chi connectivity index (χ0) is 21.5. The number of esters is 1. The Morgan fingerprint density at radius 1 is 0.967 bits per heavy atom. The number of fused-ring (bicyclic) bond motifs is 6. The molecule has 5 aliphatic rings. The van der Waals surface area contributed by atoms with Gasteiger partial charge in [0.1, 0.15) is 0 Å². The lowest BCUT2D eigenvalue weighted by atomic mass is 9.43. The Morgan fingerprint density at radius 2 is 1.70 bits per heavy atom. The molecule has 8 unspecified atom stereocenters. The van der Waals surface area contributed by atoms with Gasteiger partial charge >= 0.3 is 5.97 Å². The monoisotopic (exact) mass is 432 g/mol. The third-order valence-electron chi connectivity index (χ3n) is 11.0. The van der Waals surface area contributed by atoms with Gasteiger partial charge in [0.25, 0.3) is 0 Å². The van der Waals surface area contributed by atoms with Gasteiger partial charge in [0.15, 0.2) is 8.32 Å². The van der Waals surface area contributed by atoms with Crippen molar-refractivity contribution in [3.05, 3.63) is 0 Å². The molecule has 0 bridgehead atoms. The topological polar surface area (TPSA) is 35.5 Å². The molecule has 0 aromatic heterocycles. The molecule has 0 radical (unpaired) electrons. The summed E-state index contributed by atoms with van der Waals surface area (Å²) in [5, 5.41) is 0. The summed E-state index contributed by atoms with van der Waals surface area (Å²) in [6.07, 6.45) is 11.4. The highest BCUT2D eigenvalue weighted by Gasteiger charge is 2.65. The smallest absolute Gasteiger partial charge is 0.306 e. The van der Waals surface area contributed by atoms with Gasteiger partial charge in [0.2, 0.25) is 0 Å². The first-order valence-corrected chi connectivity index (χ1v) is 16.2. The van der Waals surface area contributed by atoms with E-state index in [1.165, 1.54) is 51.4 Å². The number of carbonyl (C=O) groups is 1. The molecule has 170 valence electrons. The van der Waals surface area contributed by atoms with Gasteiger partial charge in [-0.15, -0.1) is 0 Å². The first-order chi connectivity index (χ1) is 14.0. The van der Waals surface area contributed by atoms with E-state index < -0.39 is 8.32 Å². The second-order valence-electron chi connectivity index (χ2n) is 13.4. The summed E-state index contributed by atoms with van der Waals surface area (Å²) in [6.45, 7) is 15.5. The Hall–Kier alpha value is -0.353. The van der Waals surface area contributed by atoms with Crippen molar-refractivity contribution in [2.24, 2.45) is 46.3 Å². The van der Waals surface area contributed by atoms with Crippen LogP contribution in [0.5, 0.6) is 0 Å². The van der Waals surface area contributed by atoms with Crippen LogP contribution >= 0.6 is 0 Å². The van der Waals surface area contributed by atoms with Crippen molar-refractivity contribution in [1.82, 2.24) is 0 Å². The highest BCUT2D eigenvalue weighted by Crippen LogP contribution is 2.70. The van der Waals surface area contributed by atoms with E-state index in [4.69, 9.17) is 9.16 Å². The quantitative estimate of drug-likeness (QED) is 0.372. The van der Waals surface area contributed by atoms with E-state index >= 15 is 0 Å². The Kier molecular flexibility index (Phi) is 4.89. The molecule has 1 heterocycles. The average Bonchev–Trinajstić information content (AvgIpc) is 2.89. The van der Waals surface area contributed by atoms with Crippen LogP contribution in [-0.4, -0.2) is 26.5 Å². The van der Waals surface area contributed by atoms with Gasteiger partial charge < -0.3 is 9.16 Å². The van der Waals surface area contributed by atoms with Crippen molar-refractivity contribution in [3.63, 3.8) is 0 Å². The maximum Gasteiger partial charge on any atom is 0.306 e. The first-order valence-electron chi connectivity index (χ1n) is 12.8. The lowest BCUT2D eigenvalue weighted by Crippen LogP contribution is -2.59. The number of cyclic esters (lactones) is 1. The molecule has 9 atom stereocenters. The van der Waals surface area contributed by atoms with E-state index in [1.807, 2.05) is 0 Å². The highest BCUT2D eigenvalue weighted by molar-refractivity contribution is 6.69. The normalized spacial score (nSPS) is 53.2. The minimum atomic E-state index is -1.57. The van der Waals surface area contributed by atoms with E-state index in [-0.39, 0.29) is 11.6 Å². The minimum absolute atomic E-state index is 0.0506. The molecule has 0 aromatic rings. The van der Waals surface area contributed by atoms with Crippen LogP contribution in [0.1, 0.15) is 78.6 Å². The van der Waals surface area contributed by atoms with Crippen LogP contribution in [0.4, 0.5) is 0 Å². The molecular weight excluding hydrogens is 388 g/mol. The number of ether oxygens (including phenoxy) is 1. The molecule has 1 saturated heterocycles. The molecule has 0 aromatic carbocycles. The second kappa shape index (κ2) is 6.82. The number of carbonyl (C=O) groups excluding carboxylic acids is 1. The maximum atomic E-state index is 11.9. The fraction of sp³-hybridized carbons (Fsp3) is 0.962. The molecule has 4 saturated carbocycles.